The summed E-state index contributed by atoms with van der Waals surface area (Å²) in [6, 6.07) is 8.05. The number of benzene rings is 1. The van der Waals surface area contributed by atoms with Crippen LogP contribution in [0.25, 0.3) is 0 Å². The Labute approximate surface area is 237 Å². The van der Waals surface area contributed by atoms with Crippen LogP contribution in [-0.4, -0.2) is 39.4 Å². The Balaban J connectivity index is 1.92. The molecule has 1 aromatic rings. The van der Waals surface area contributed by atoms with E-state index in [4.69, 9.17) is 9.47 Å². The first-order valence-corrected chi connectivity index (χ1v) is 16.6. The fourth-order valence-electron chi connectivity index (χ4n) is 4.88. The van der Waals surface area contributed by atoms with Crippen molar-refractivity contribution in [2.75, 3.05) is 39.4 Å². The summed E-state index contributed by atoms with van der Waals surface area (Å²) in [6.45, 7) is 9.86. The van der Waals surface area contributed by atoms with Crippen molar-refractivity contribution in [1.29, 1.82) is 0 Å². The first-order chi connectivity index (χ1) is 18.9. The van der Waals surface area contributed by atoms with Crippen LogP contribution >= 0.6 is 0 Å². The Hall–Kier alpha value is -1.26. The third-order valence-electron chi connectivity index (χ3n) is 7.34. The molecule has 0 amide bonds. The van der Waals surface area contributed by atoms with Gasteiger partial charge < -0.3 is 20.1 Å². The maximum atomic E-state index is 6.00. The van der Waals surface area contributed by atoms with Crippen molar-refractivity contribution in [2.45, 2.75) is 142 Å². The molecule has 222 valence electrons. The standard InChI is InChI=1S/C34H64N2O2/c1-3-5-7-9-11-13-15-17-19-23-27-35-29-31-37-33-25-21-22-26-34(33)38-32-30-36-28-24-20-18-16-14-12-10-8-6-4-2/h21-22,25-26,35-36H,3-20,23-24,27-32H2,1-2H3. The van der Waals surface area contributed by atoms with Crippen LogP contribution in [0.4, 0.5) is 0 Å². The van der Waals surface area contributed by atoms with E-state index in [2.05, 4.69) is 24.5 Å². The summed E-state index contributed by atoms with van der Waals surface area (Å²) >= 11 is 0. The topological polar surface area (TPSA) is 42.5 Å². The fraction of sp³-hybridized carbons (Fsp3) is 0.824. The molecular weight excluding hydrogens is 468 g/mol. The van der Waals surface area contributed by atoms with Gasteiger partial charge in [0.05, 0.1) is 0 Å². The Kier molecular flexibility index (Phi) is 26.3. The Morgan fingerprint density at radius 3 is 1.08 bits per heavy atom. The molecule has 0 aliphatic heterocycles. The van der Waals surface area contributed by atoms with Gasteiger partial charge in [0.25, 0.3) is 0 Å². The lowest BCUT2D eigenvalue weighted by molar-refractivity contribution is 0.266. The van der Waals surface area contributed by atoms with E-state index in [0.29, 0.717) is 13.2 Å². The molecule has 0 saturated heterocycles. The van der Waals surface area contributed by atoms with Crippen LogP contribution < -0.4 is 20.1 Å². The molecule has 0 aromatic heterocycles. The number of ether oxygens (including phenoxy) is 2. The zero-order valence-corrected chi connectivity index (χ0v) is 25.5. The highest BCUT2D eigenvalue weighted by Crippen LogP contribution is 2.26. The van der Waals surface area contributed by atoms with Gasteiger partial charge in [-0.3, -0.25) is 0 Å². The largest absolute Gasteiger partial charge is 0.488 e. The van der Waals surface area contributed by atoms with E-state index in [1.807, 2.05) is 24.3 Å². The average Bonchev–Trinajstić information content (AvgIpc) is 2.94. The van der Waals surface area contributed by atoms with Gasteiger partial charge in [-0.25, -0.2) is 0 Å². The molecule has 0 aliphatic rings. The minimum Gasteiger partial charge on any atom is -0.488 e. The smallest absolute Gasteiger partial charge is 0.161 e. The molecule has 4 heteroatoms. The summed E-state index contributed by atoms with van der Waals surface area (Å²) in [5.41, 5.74) is 0. The fourth-order valence-corrected chi connectivity index (χ4v) is 4.88. The molecule has 0 fully saturated rings. The molecular formula is C34H64N2O2. The van der Waals surface area contributed by atoms with E-state index in [-0.39, 0.29) is 0 Å². The van der Waals surface area contributed by atoms with Crippen molar-refractivity contribution in [3.63, 3.8) is 0 Å². The average molecular weight is 533 g/mol. The Bertz CT molecular complexity index is 545. The van der Waals surface area contributed by atoms with Gasteiger partial charge in [-0.1, -0.05) is 142 Å². The van der Waals surface area contributed by atoms with Crippen LogP contribution in [-0.2, 0) is 0 Å². The van der Waals surface area contributed by atoms with Crippen LogP contribution in [0.3, 0.4) is 0 Å². The van der Waals surface area contributed by atoms with E-state index >= 15 is 0 Å². The summed E-state index contributed by atoms with van der Waals surface area (Å²) in [5.74, 6) is 1.70. The first kappa shape index (κ1) is 34.8. The summed E-state index contributed by atoms with van der Waals surface area (Å²) in [4.78, 5) is 0. The number of hydrogen-bond donors (Lipinski definition) is 2. The highest BCUT2D eigenvalue weighted by atomic mass is 16.5. The molecule has 2 N–H and O–H groups in total. The highest BCUT2D eigenvalue weighted by molar-refractivity contribution is 5.39. The molecule has 0 spiro atoms. The summed E-state index contributed by atoms with van der Waals surface area (Å²) in [7, 11) is 0. The quantitative estimate of drug-likeness (QED) is 0.0968. The minimum absolute atomic E-state index is 0.676. The van der Waals surface area contributed by atoms with Crippen LogP contribution in [0.15, 0.2) is 24.3 Å². The monoisotopic (exact) mass is 532 g/mol. The third kappa shape index (κ3) is 22.7. The molecule has 38 heavy (non-hydrogen) atoms. The second-order valence-electron chi connectivity index (χ2n) is 11.0. The lowest BCUT2D eigenvalue weighted by Gasteiger charge is -2.13. The zero-order chi connectivity index (χ0) is 27.2. The van der Waals surface area contributed by atoms with E-state index in [1.165, 1.54) is 128 Å². The summed E-state index contributed by atoms with van der Waals surface area (Å²) in [6.07, 6.45) is 27.7. The molecule has 1 rings (SSSR count). The second-order valence-corrected chi connectivity index (χ2v) is 11.0. The molecule has 0 heterocycles. The van der Waals surface area contributed by atoms with Gasteiger partial charge in [-0.05, 0) is 38.1 Å². The molecule has 4 nitrogen and oxygen atoms in total. The molecule has 0 atom stereocenters. The van der Waals surface area contributed by atoms with Gasteiger partial charge in [0.1, 0.15) is 13.2 Å². The Morgan fingerprint density at radius 1 is 0.421 bits per heavy atom. The van der Waals surface area contributed by atoms with E-state index in [1.54, 1.807) is 0 Å². The zero-order valence-electron chi connectivity index (χ0n) is 25.5. The Morgan fingerprint density at radius 2 is 0.737 bits per heavy atom. The van der Waals surface area contributed by atoms with Crippen molar-refractivity contribution in [2.24, 2.45) is 0 Å². The van der Waals surface area contributed by atoms with Crippen LogP contribution in [0, 0.1) is 0 Å². The number of hydrogen-bond acceptors (Lipinski definition) is 4. The van der Waals surface area contributed by atoms with Crippen LogP contribution in [0.1, 0.15) is 142 Å². The molecule has 0 saturated carbocycles. The number of nitrogens with one attached hydrogen (secondary N) is 2. The predicted molar refractivity (Wildman–Crippen MR) is 167 cm³/mol. The first-order valence-electron chi connectivity index (χ1n) is 16.6. The van der Waals surface area contributed by atoms with Crippen LogP contribution in [0.5, 0.6) is 11.5 Å². The van der Waals surface area contributed by atoms with E-state index in [9.17, 15) is 0 Å². The lowest BCUT2D eigenvalue weighted by Crippen LogP contribution is -2.23. The lowest BCUT2D eigenvalue weighted by atomic mass is 10.1. The number of para-hydroxylation sites is 2. The second kappa shape index (κ2) is 28.7. The SMILES string of the molecule is CCCCCCCCCCCCNCCOc1ccccc1OCCNCCCCCCCCCCCC. The van der Waals surface area contributed by atoms with Crippen molar-refractivity contribution >= 4 is 0 Å². The molecule has 0 unspecified atom stereocenters. The molecule has 0 bridgehead atoms. The van der Waals surface area contributed by atoms with Crippen molar-refractivity contribution in [1.82, 2.24) is 10.6 Å². The van der Waals surface area contributed by atoms with Gasteiger partial charge in [-0.2, -0.15) is 0 Å². The third-order valence-corrected chi connectivity index (χ3v) is 7.34. The number of unbranched alkanes of at least 4 members (excludes halogenated alkanes) is 18. The van der Waals surface area contributed by atoms with Gasteiger partial charge in [0.15, 0.2) is 11.5 Å². The van der Waals surface area contributed by atoms with Gasteiger partial charge in [-0.15, -0.1) is 0 Å². The van der Waals surface area contributed by atoms with Gasteiger partial charge >= 0.3 is 0 Å². The van der Waals surface area contributed by atoms with Crippen LogP contribution in [0.2, 0.25) is 0 Å². The van der Waals surface area contributed by atoms with Crippen molar-refractivity contribution in [3.8, 4) is 11.5 Å². The molecule has 0 aliphatic carbocycles. The van der Waals surface area contributed by atoms with E-state index in [0.717, 1.165) is 37.7 Å². The van der Waals surface area contributed by atoms with Crippen molar-refractivity contribution < 1.29 is 9.47 Å². The maximum absolute atomic E-state index is 6.00. The van der Waals surface area contributed by atoms with Crippen molar-refractivity contribution in [3.05, 3.63) is 24.3 Å². The minimum atomic E-state index is 0.676. The molecule has 1 aromatic carbocycles. The predicted octanol–water partition coefficient (Wildman–Crippen LogP) is 9.47. The van der Waals surface area contributed by atoms with Gasteiger partial charge in [0, 0.05) is 13.1 Å². The normalized spacial score (nSPS) is 11.2. The maximum Gasteiger partial charge on any atom is 0.161 e. The summed E-state index contributed by atoms with van der Waals surface area (Å²) < 4.78 is 12.0. The number of rotatable bonds is 30. The summed E-state index contributed by atoms with van der Waals surface area (Å²) in [5, 5.41) is 7.04. The highest BCUT2D eigenvalue weighted by Gasteiger charge is 2.04. The molecule has 0 radical (unpaired) electrons. The van der Waals surface area contributed by atoms with Gasteiger partial charge in [0.2, 0.25) is 0 Å². The van der Waals surface area contributed by atoms with E-state index < -0.39 is 0 Å².